The summed E-state index contributed by atoms with van der Waals surface area (Å²) in [5.41, 5.74) is 3.76. The van der Waals surface area contributed by atoms with Gasteiger partial charge in [-0.25, -0.2) is 0 Å². The maximum absolute atomic E-state index is 6.03. The minimum absolute atomic E-state index is 0.298. The standard InChI is InChI=1S/C16H19ClN2/c1-3-19-16(10-13-5-4-8-18-11-13)15-7-6-14(17)9-12(15)2/h4-9,11,16,19H,3,10H2,1-2H3. The minimum Gasteiger partial charge on any atom is -0.310 e. The summed E-state index contributed by atoms with van der Waals surface area (Å²) < 4.78 is 0. The average Bonchev–Trinajstić information content (AvgIpc) is 2.39. The first-order valence-electron chi connectivity index (χ1n) is 6.59. The molecule has 100 valence electrons. The maximum Gasteiger partial charge on any atom is 0.0408 e. The van der Waals surface area contributed by atoms with Gasteiger partial charge in [-0.15, -0.1) is 0 Å². The van der Waals surface area contributed by atoms with Crippen LogP contribution in [0.2, 0.25) is 5.02 Å². The Bertz CT molecular complexity index is 526. The van der Waals surface area contributed by atoms with Crippen molar-refractivity contribution in [1.29, 1.82) is 0 Å². The first kappa shape index (κ1) is 14.0. The lowest BCUT2D eigenvalue weighted by atomic mass is 9.96. The van der Waals surface area contributed by atoms with Gasteiger partial charge in [-0.3, -0.25) is 4.98 Å². The van der Waals surface area contributed by atoms with Gasteiger partial charge in [0.1, 0.15) is 0 Å². The summed E-state index contributed by atoms with van der Waals surface area (Å²) in [6.07, 6.45) is 4.67. The zero-order valence-electron chi connectivity index (χ0n) is 11.4. The zero-order valence-corrected chi connectivity index (χ0v) is 12.1. The van der Waals surface area contributed by atoms with E-state index >= 15 is 0 Å². The van der Waals surface area contributed by atoms with E-state index < -0.39 is 0 Å². The van der Waals surface area contributed by atoms with Gasteiger partial charge in [-0.05, 0) is 54.8 Å². The third kappa shape index (κ3) is 3.79. The topological polar surface area (TPSA) is 24.9 Å². The predicted octanol–water partition coefficient (Wildman–Crippen LogP) is 3.94. The number of nitrogens with one attached hydrogen (secondary N) is 1. The Balaban J connectivity index is 2.24. The first-order chi connectivity index (χ1) is 9.20. The van der Waals surface area contributed by atoms with Gasteiger partial charge in [0.15, 0.2) is 0 Å². The van der Waals surface area contributed by atoms with Crippen LogP contribution in [0.5, 0.6) is 0 Å². The van der Waals surface area contributed by atoms with Crippen LogP contribution in [0.4, 0.5) is 0 Å². The average molecular weight is 275 g/mol. The summed E-state index contributed by atoms with van der Waals surface area (Å²) in [5.74, 6) is 0. The van der Waals surface area contributed by atoms with Crippen LogP contribution in [0.1, 0.15) is 29.7 Å². The van der Waals surface area contributed by atoms with Gasteiger partial charge < -0.3 is 5.32 Å². The fourth-order valence-corrected chi connectivity index (χ4v) is 2.55. The second kappa shape index (κ2) is 6.69. The molecule has 0 bridgehead atoms. The number of halogens is 1. The first-order valence-corrected chi connectivity index (χ1v) is 6.97. The van der Waals surface area contributed by atoms with E-state index in [9.17, 15) is 0 Å². The highest BCUT2D eigenvalue weighted by Crippen LogP contribution is 2.24. The van der Waals surface area contributed by atoms with Crippen LogP contribution in [0, 0.1) is 6.92 Å². The molecular formula is C16H19ClN2. The molecule has 2 nitrogen and oxygen atoms in total. The lowest BCUT2D eigenvalue weighted by Crippen LogP contribution is -2.23. The number of aryl methyl sites for hydroxylation is 1. The molecule has 1 N–H and O–H groups in total. The Morgan fingerprint density at radius 3 is 2.79 bits per heavy atom. The number of nitrogens with zero attached hydrogens (tertiary/aromatic N) is 1. The molecule has 1 aromatic heterocycles. The van der Waals surface area contributed by atoms with E-state index in [2.05, 4.69) is 36.3 Å². The lowest BCUT2D eigenvalue weighted by Gasteiger charge is -2.20. The maximum atomic E-state index is 6.03. The van der Waals surface area contributed by atoms with Crippen LogP contribution in [-0.4, -0.2) is 11.5 Å². The van der Waals surface area contributed by atoms with Gasteiger partial charge in [-0.1, -0.05) is 30.7 Å². The summed E-state index contributed by atoms with van der Waals surface area (Å²) in [4.78, 5) is 4.18. The highest BCUT2D eigenvalue weighted by Gasteiger charge is 2.13. The number of hydrogen-bond donors (Lipinski definition) is 1. The summed E-state index contributed by atoms with van der Waals surface area (Å²) in [7, 11) is 0. The second-order valence-corrected chi connectivity index (χ2v) is 5.11. The molecule has 19 heavy (non-hydrogen) atoms. The molecule has 1 aromatic carbocycles. The van der Waals surface area contributed by atoms with Crippen molar-refractivity contribution in [2.45, 2.75) is 26.3 Å². The van der Waals surface area contributed by atoms with Crippen LogP contribution < -0.4 is 5.32 Å². The molecule has 3 heteroatoms. The highest BCUT2D eigenvalue weighted by molar-refractivity contribution is 6.30. The van der Waals surface area contributed by atoms with Crippen molar-refractivity contribution in [3.05, 3.63) is 64.4 Å². The summed E-state index contributed by atoms with van der Waals surface area (Å²) in [5, 5.41) is 4.33. The van der Waals surface area contributed by atoms with E-state index in [0.717, 1.165) is 18.0 Å². The molecule has 0 radical (unpaired) electrons. The molecule has 0 aliphatic heterocycles. The molecule has 1 heterocycles. The third-order valence-corrected chi connectivity index (χ3v) is 3.46. The van der Waals surface area contributed by atoms with Gasteiger partial charge >= 0.3 is 0 Å². The Kier molecular flexibility index (Phi) is 4.94. The largest absolute Gasteiger partial charge is 0.310 e. The molecule has 1 unspecified atom stereocenters. The smallest absolute Gasteiger partial charge is 0.0408 e. The number of rotatable bonds is 5. The monoisotopic (exact) mass is 274 g/mol. The fraction of sp³-hybridized carbons (Fsp3) is 0.312. The molecule has 0 amide bonds. The van der Waals surface area contributed by atoms with Gasteiger partial charge in [0, 0.05) is 23.5 Å². The number of hydrogen-bond acceptors (Lipinski definition) is 2. The Morgan fingerprint density at radius 2 is 2.16 bits per heavy atom. The molecule has 0 aliphatic rings. The Labute approximate surface area is 119 Å². The number of benzene rings is 1. The van der Waals surface area contributed by atoms with Crippen molar-refractivity contribution in [3.8, 4) is 0 Å². The predicted molar refractivity (Wildman–Crippen MR) is 80.5 cm³/mol. The Morgan fingerprint density at radius 1 is 1.32 bits per heavy atom. The summed E-state index contributed by atoms with van der Waals surface area (Å²) in [6.45, 7) is 5.17. The van der Waals surface area contributed by atoms with E-state index in [-0.39, 0.29) is 0 Å². The number of likely N-dealkylation sites (N-methyl/N-ethyl adjacent to an activating group) is 1. The molecule has 2 aromatic rings. The third-order valence-electron chi connectivity index (χ3n) is 3.22. The van der Waals surface area contributed by atoms with Crippen LogP contribution >= 0.6 is 11.6 Å². The fourth-order valence-electron chi connectivity index (χ4n) is 2.32. The Hall–Kier alpha value is -1.38. The quantitative estimate of drug-likeness (QED) is 0.893. The molecule has 0 saturated heterocycles. The van der Waals surface area contributed by atoms with Gasteiger partial charge in [0.05, 0.1) is 0 Å². The van der Waals surface area contributed by atoms with E-state index in [1.54, 1.807) is 6.20 Å². The van der Waals surface area contributed by atoms with Gasteiger partial charge in [-0.2, -0.15) is 0 Å². The molecule has 2 rings (SSSR count). The van der Waals surface area contributed by atoms with Crippen LogP contribution in [-0.2, 0) is 6.42 Å². The van der Waals surface area contributed by atoms with Crippen molar-refractivity contribution < 1.29 is 0 Å². The van der Waals surface area contributed by atoms with Crippen molar-refractivity contribution in [1.82, 2.24) is 10.3 Å². The summed E-state index contributed by atoms with van der Waals surface area (Å²) >= 11 is 6.03. The normalized spacial score (nSPS) is 12.4. The van der Waals surface area contributed by atoms with Gasteiger partial charge in [0.2, 0.25) is 0 Å². The molecule has 0 aliphatic carbocycles. The van der Waals surface area contributed by atoms with Crippen molar-refractivity contribution >= 4 is 11.6 Å². The lowest BCUT2D eigenvalue weighted by molar-refractivity contribution is 0.547. The molecule has 0 fully saturated rings. The summed E-state index contributed by atoms with van der Waals surface area (Å²) in [6, 6.07) is 10.5. The minimum atomic E-state index is 0.298. The van der Waals surface area contributed by atoms with Gasteiger partial charge in [0.25, 0.3) is 0 Å². The van der Waals surface area contributed by atoms with Crippen LogP contribution in [0.25, 0.3) is 0 Å². The molecule has 0 spiro atoms. The zero-order chi connectivity index (χ0) is 13.7. The molecule has 0 saturated carbocycles. The van der Waals surface area contributed by atoms with Crippen molar-refractivity contribution in [3.63, 3.8) is 0 Å². The van der Waals surface area contributed by atoms with E-state index in [1.807, 2.05) is 24.4 Å². The van der Waals surface area contributed by atoms with E-state index in [4.69, 9.17) is 11.6 Å². The van der Waals surface area contributed by atoms with Crippen LogP contribution in [0.3, 0.4) is 0 Å². The number of pyridine rings is 1. The number of aromatic nitrogens is 1. The molecular weight excluding hydrogens is 256 g/mol. The van der Waals surface area contributed by atoms with Crippen LogP contribution in [0.15, 0.2) is 42.7 Å². The second-order valence-electron chi connectivity index (χ2n) is 4.68. The van der Waals surface area contributed by atoms with E-state index in [1.165, 1.54) is 16.7 Å². The van der Waals surface area contributed by atoms with E-state index in [0.29, 0.717) is 6.04 Å². The van der Waals surface area contributed by atoms with Crippen molar-refractivity contribution in [2.75, 3.05) is 6.54 Å². The SMILES string of the molecule is CCNC(Cc1cccnc1)c1ccc(Cl)cc1C. The van der Waals surface area contributed by atoms with Crippen molar-refractivity contribution in [2.24, 2.45) is 0 Å². The highest BCUT2D eigenvalue weighted by atomic mass is 35.5. The molecule has 1 atom stereocenters.